The number of hydrogen-bond acceptors (Lipinski definition) is 3. The Morgan fingerprint density at radius 1 is 1.23 bits per heavy atom. The van der Waals surface area contributed by atoms with Gasteiger partial charge in [0.05, 0.1) is 7.11 Å². The van der Waals surface area contributed by atoms with Crippen LogP contribution in [-0.4, -0.2) is 38.7 Å². The minimum atomic E-state index is 0. The highest BCUT2D eigenvalue weighted by Gasteiger charge is 2.23. The van der Waals surface area contributed by atoms with Gasteiger partial charge >= 0.3 is 0 Å². The minimum Gasteiger partial charge on any atom is -0.497 e. The summed E-state index contributed by atoms with van der Waals surface area (Å²) in [6.07, 6.45) is 8.95. The molecule has 6 heteroatoms. The Bertz CT molecular complexity index is 573. The number of ether oxygens (including phenoxy) is 1. The van der Waals surface area contributed by atoms with E-state index in [1.165, 1.54) is 44.2 Å². The van der Waals surface area contributed by atoms with E-state index in [-0.39, 0.29) is 24.0 Å². The molecule has 1 aromatic rings. The molecule has 1 unspecified atom stereocenters. The predicted molar refractivity (Wildman–Crippen MR) is 120 cm³/mol. The molecule has 1 aromatic carbocycles. The zero-order chi connectivity index (χ0) is 17.5. The number of aliphatic imine (C=N–C) groups is 1. The summed E-state index contributed by atoms with van der Waals surface area (Å²) in [6.45, 7) is 2.92. The fraction of sp³-hybridized carbons (Fsp3) is 0.650. The van der Waals surface area contributed by atoms with E-state index in [1.807, 2.05) is 12.1 Å². The van der Waals surface area contributed by atoms with Gasteiger partial charge in [0, 0.05) is 37.4 Å². The van der Waals surface area contributed by atoms with E-state index >= 15 is 0 Å². The van der Waals surface area contributed by atoms with Crippen molar-refractivity contribution in [3.63, 3.8) is 0 Å². The average molecular weight is 472 g/mol. The van der Waals surface area contributed by atoms with Crippen molar-refractivity contribution in [2.75, 3.05) is 31.6 Å². The van der Waals surface area contributed by atoms with Crippen LogP contribution in [0, 0.1) is 5.92 Å². The first-order chi connectivity index (χ1) is 12.2. The molecule has 1 heterocycles. The number of nitrogens with two attached hydrogens (primary N) is 1. The summed E-state index contributed by atoms with van der Waals surface area (Å²) < 4.78 is 5.33. The number of guanidine groups is 1. The monoisotopic (exact) mass is 472 g/mol. The average Bonchev–Trinajstić information content (AvgIpc) is 2.97. The number of benzene rings is 1. The molecule has 26 heavy (non-hydrogen) atoms. The van der Waals surface area contributed by atoms with E-state index in [0.29, 0.717) is 17.9 Å². The van der Waals surface area contributed by atoms with Gasteiger partial charge in [-0.15, -0.1) is 24.0 Å². The number of nitrogens with one attached hydrogen (secondary N) is 1. The largest absolute Gasteiger partial charge is 0.497 e. The van der Waals surface area contributed by atoms with E-state index in [0.717, 1.165) is 31.8 Å². The van der Waals surface area contributed by atoms with Crippen LogP contribution in [0.3, 0.4) is 0 Å². The van der Waals surface area contributed by atoms with Crippen molar-refractivity contribution in [1.82, 2.24) is 5.32 Å². The van der Waals surface area contributed by atoms with Crippen LogP contribution in [0.2, 0.25) is 0 Å². The highest BCUT2D eigenvalue weighted by molar-refractivity contribution is 14.0. The van der Waals surface area contributed by atoms with Gasteiger partial charge in [0.2, 0.25) is 0 Å². The second-order valence-electron chi connectivity index (χ2n) is 7.36. The van der Waals surface area contributed by atoms with Crippen LogP contribution >= 0.6 is 24.0 Å². The van der Waals surface area contributed by atoms with Gasteiger partial charge in [-0.05, 0) is 37.3 Å². The molecule has 0 bridgehead atoms. The van der Waals surface area contributed by atoms with Crippen molar-refractivity contribution in [2.24, 2.45) is 16.6 Å². The Labute approximate surface area is 174 Å². The number of halogens is 1. The van der Waals surface area contributed by atoms with Crippen LogP contribution in [0.1, 0.15) is 44.9 Å². The van der Waals surface area contributed by atoms with Crippen LogP contribution in [0.15, 0.2) is 29.3 Å². The smallest absolute Gasteiger partial charge is 0.188 e. The highest BCUT2D eigenvalue weighted by atomic mass is 127. The van der Waals surface area contributed by atoms with Gasteiger partial charge in [0.1, 0.15) is 5.75 Å². The molecule has 0 radical (unpaired) electrons. The molecule has 0 spiro atoms. The summed E-state index contributed by atoms with van der Waals surface area (Å²) in [5, 5.41) is 3.44. The van der Waals surface area contributed by atoms with Crippen LogP contribution in [0.4, 0.5) is 5.69 Å². The lowest BCUT2D eigenvalue weighted by molar-refractivity contribution is 0.415. The number of nitrogens with zero attached hydrogens (tertiary/aromatic N) is 2. The van der Waals surface area contributed by atoms with E-state index < -0.39 is 0 Å². The standard InChI is InChI=1S/C20H32N4O.HI/c1-25-19-10-6-9-18(13-19)24-12-11-16(15-24)14-22-20(21)23-17-7-4-2-3-5-8-17;/h6,9-10,13,16-17H,2-5,7-8,11-12,14-15H2,1H3,(H3,21,22,23);1H. The van der Waals surface area contributed by atoms with Gasteiger partial charge in [-0.1, -0.05) is 31.7 Å². The van der Waals surface area contributed by atoms with Crippen molar-refractivity contribution < 1.29 is 4.74 Å². The van der Waals surface area contributed by atoms with Gasteiger partial charge in [-0.3, -0.25) is 4.99 Å². The highest BCUT2D eigenvalue weighted by Crippen LogP contribution is 2.27. The summed E-state index contributed by atoms with van der Waals surface area (Å²) in [5.41, 5.74) is 7.36. The summed E-state index contributed by atoms with van der Waals surface area (Å²) in [4.78, 5) is 7.04. The number of hydrogen-bond donors (Lipinski definition) is 2. The second kappa shape index (κ2) is 10.8. The van der Waals surface area contributed by atoms with Gasteiger partial charge in [-0.25, -0.2) is 0 Å². The van der Waals surface area contributed by atoms with Gasteiger partial charge < -0.3 is 20.7 Å². The quantitative estimate of drug-likeness (QED) is 0.297. The minimum absolute atomic E-state index is 0. The topological polar surface area (TPSA) is 62.9 Å². The van der Waals surface area contributed by atoms with Crippen LogP contribution in [-0.2, 0) is 0 Å². The molecule has 1 atom stereocenters. The molecule has 146 valence electrons. The zero-order valence-electron chi connectivity index (χ0n) is 15.8. The molecule has 2 fully saturated rings. The first-order valence-electron chi connectivity index (χ1n) is 9.70. The maximum absolute atomic E-state index is 6.13. The lowest BCUT2D eigenvalue weighted by Crippen LogP contribution is -2.40. The van der Waals surface area contributed by atoms with Crippen LogP contribution in [0.5, 0.6) is 5.75 Å². The van der Waals surface area contributed by atoms with Crippen molar-refractivity contribution in [3.8, 4) is 5.75 Å². The number of anilines is 1. The summed E-state index contributed by atoms with van der Waals surface area (Å²) >= 11 is 0. The molecule has 0 aromatic heterocycles. The zero-order valence-corrected chi connectivity index (χ0v) is 18.2. The van der Waals surface area contributed by atoms with Crippen molar-refractivity contribution in [1.29, 1.82) is 0 Å². The summed E-state index contributed by atoms with van der Waals surface area (Å²) in [6, 6.07) is 8.81. The normalized spacial score (nSPS) is 21.8. The molecule has 3 rings (SSSR count). The fourth-order valence-corrected chi connectivity index (χ4v) is 3.93. The van der Waals surface area contributed by atoms with E-state index in [1.54, 1.807) is 7.11 Å². The van der Waals surface area contributed by atoms with Crippen molar-refractivity contribution in [3.05, 3.63) is 24.3 Å². The Balaban J connectivity index is 0.00000243. The molecule has 3 N–H and O–H groups in total. The molecular weight excluding hydrogens is 439 g/mol. The molecule has 1 saturated heterocycles. The molecule has 0 amide bonds. The number of rotatable bonds is 5. The summed E-state index contributed by atoms with van der Waals surface area (Å²) in [5.74, 6) is 2.11. The van der Waals surface area contributed by atoms with Crippen LogP contribution in [0.25, 0.3) is 0 Å². The number of methoxy groups -OCH3 is 1. The molecule has 1 aliphatic heterocycles. The molecule has 1 saturated carbocycles. The third-order valence-corrected chi connectivity index (χ3v) is 5.43. The van der Waals surface area contributed by atoms with E-state index in [4.69, 9.17) is 10.5 Å². The lowest BCUT2D eigenvalue weighted by Gasteiger charge is -2.19. The van der Waals surface area contributed by atoms with Gasteiger partial charge in [0.15, 0.2) is 5.96 Å². The SMILES string of the molecule is COc1cccc(N2CCC(CN=C(N)NC3CCCCCC3)C2)c1.I. The maximum atomic E-state index is 6.13. The lowest BCUT2D eigenvalue weighted by atomic mass is 10.1. The Morgan fingerprint density at radius 2 is 2.00 bits per heavy atom. The predicted octanol–water partition coefficient (Wildman–Crippen LogP) is 3.77. The summed E-state index contributed by atoms with van der Waals surface area (Å²) in [7, 11) is 1.71. The van der Waals surface area contributed by atoms with Crippen molar-refractivity contribution in [2.45, 2.75) is 51.0 Å². The third kappa shape index (κ3) is 6.21. The Hall–Kier alpha value is -1.18. The fourth-order valence-electron chi connectivity index (χ4n) is 3.93. The van der Waals surface area contributed by atoms with Crippen molar-refractivity contribution >= 4 is 35.6 Å². The van der Waals surface area contributed by atoms with Gasteiger partial charge in [0.25, 0.3) is 0 Å². The second-order valence-corrected chi connectivity index (χ2v) is 7.36. The van der Waals surface area contributed by atoms with E-state index in [2.05, 4.69) is 27.3 Å². The maximum Gasteiger partial charge on any atom is 0.188 e. The molecule has 5 nitrogen and oxygen atoms in total. The van der Waals surface area contributed by atoms with Gasteiger partial charge in [-0.2, -0.15) is 0 Å². The molecular formula is C20H33IN4O. The molecule has 2 aliphatic rings. The first-order valence-corrected chi connectivity index (χ1v) is 9.70. The molecule has 1 aliphatic carbocycles. The van der Waals surface area contributed by atoms with Crippen LogP contribution < -0.4 is 20.7 Å². The Kier molecular flexibility index (Phi) is 8.81. The first kappa shape index (κ1) is 21.1. The third-order valence-electron chi connectivity index (χ3n) is 5.43. The van der Waals surface area contributed by atoms with E-state index in [9.17, 15) is 0 Å². The Morgan fingerprint density at radius 3 is 2.73 bits per heavy atom.